The first-order valence-electron chi connectivity index (χ1n) is 6.82. The first-order chi connectivity index (χ1) is 9.04. The summed E-state index contributed by atoms with van der Waals surface area (Å²) in [5.41, 5.74) is 6.62. The van der Waals surface area contributed by atoms with Crippen LogP contribution in [-0.2, 0) is 0 Å². The van der Waals surface area contributed by atoms with E-state index in [-0.39, 0.29) is 16.3 Å². The zero-order chi connectivity index (χ0) is 14.4. The third-order valence-corrected chi connectivity index (χ3v) is 3.58. The van der Waals surface area contributed by atoms with Crippen molar-refractivity contribution in [3.8, 4) is 0 Å². The summed E-state index contributed by atoms with van der Waals surface area (Å²) in [6.45, 7) is 7.87. The number of nitro benzene ring substituents is 1. The first-order valence-corrected chi connectivity index (χ1v) is 6.82. The lowest BCUT2D eigenvalue weighted by molar-refractivity contribution is -0.383. The highest BCUT2D eigenvalue weighted by Gasteiger charge is 2.22. The summed E-state index contributed by atoms with van der Waals surface area (Å²) >= 11 is 0. The predicted molar refractivity (Wildman–Crippen MR) is 79.5 cm³/mol. The van der Waals surface area contributed by atoms with E-state index in [1.807, 2.05) is 11.8 Å². The van der Waals surface area contributed by atoms with Crippen LogP contribution in [0.1, 0.15) is 33.6 Å². The molecule has 0 fully saturated rings. The van der Waals surface area contributed by atoms with Gasteiger partial charge in [0.2, 0.25) is 0 Å². The summed E-state index contributed by atoms with van der Waals surface area (Å²) in [4.78, 5) is 12.8. The average molecular weight is 265 g/mol. The summed E-state index contributed by atoms with van der Waals surface area (Å²) in [7, 11) is 0. The van der Waals surface area contributed by atoms with Crippen LogP contribution in [-0.4, -0.2) is 18.0 Å². The van der Waals surface area contributed by atoms with Crippen LogP contribution in [0.3, 0.4) is 0 Å². The fraction of sp³-hybridized carbons (Fsp3) is 0.571. The summed E-state index contributed by atoms with van der Waals surface area (Å²) in [5.74, 6) is 0.543. The number of para-hydroxylation sites is 1. The van der Waals surface area contributed by atoms with Crippen molar-refractivity contribution in [3.05, 3.63) is 28.3 Å². The maximum atomic E-state index is 11.2. The number of nitrogens with zero attached hydrogens (tertiary/aromatic N) is 2. The van der Waals surface area contributed by atoms with Gasteiger partial charge in [-0.15, -0.1) is 0 Å². The normalized spacial score (nSPS) is 10.7. The molecule has 106 valence electrons. The number of rotatable bonds is 7. The predicted octanol–water partition coefficient (Wildman–Crippen LogP) is 3.44. The molecule has 5 nitrogen and oxygen atoms in total. The molecule has 1 aromatic carbocycles. The second kappa shape index (κ2) is 6.97. The minimum Gasteiger partial charge on any atom is -0.393 e. The number of nitrogens with two attached hydrogens (primary N) is 1. The molecule has 0 aliphatic heterocycles. The van der Waals surface area contributed by atoms with Gasteiger partial charge in [-0.05, 0) is 25.0 Å². The smallest absolute Gasteiger partial charge is 0.315 e. The highest BCUT2D eigenvalue weighted by atomic mass is 16.6. The van der Waals surface area contributed by atoms with Crippen molar-refractivity contribution in [3.63, 3.8) is 0 Å². The molecule has 0 saturated carbocycles. The minimum absolute atomic E-state index is 0.0234. The zero-order valence-electron chi connectivity index (χ0n) is 11.9. The van der Waals surface area contributed by atoms with Crippen molar-refractivity contribution in [1.82, 2.24) is 0 Å². The van der Waals surface area contributed by atoms with Crippen LogP contribution in [0.4, 0.5) is 17.1 Å². The second-order valence-corrected chi connectivity index (χ2v) is 4.69. The molecule has 0 spiro atoms. The molecule has 0 saturated heterocycles. The molecule has 2 N–H and O–H groups in total. The molecule has 0 aromatic heterocycles. The Bertz CT molecular complexity index is 431. The third kappa shape index (κ3) is 3.59. The summed E-state index contributed by atoms with van der Waals surface area (Å²) in [6, 6.07) is 5.13. The number of nitro groups is 1. The van der Waals surface area contributed by atoms with Crippen LogP contribution in [0.2, 0.25) is 0 Å². The number of benzene rings is 1. The van der Waals surface area contributed by atoms with Gasteiger partial charge < -0.3 is 10.6 Å². The summed E-state index contributed by atoms with van der Waals surface area (Å²) in [6.07, 6.45) is 2.15. The van der Waals surface area contributed by atoms with Gasteiger partial charge in [0.05, 0.1) is 4.92 Å². The molecule has 0 amide bonds. The number of anilines is 2. The van der Waals surface area contributed by atoms with Crippen LogP contribution in [0.25, 0.3) is 0 Å². The lowest BCUT2D eigenvalue weighted by Gasteiger charge is -2.27. The SMILES string of the molecule is CCC(CC)CN(CC)c1cccc(N)c1[N+](=O)[O-]. The van der Waals surface area contributed by atoms with Crippen molar-refractivity contribution in [2.45, 2.75) is 33.6 Å². The topological polar surface area (TPSA) is 72.4 Å². The molecule has 1 rings (SSSR count). The van der Waals surface area contributed by atoms with Crippen LogP contribution >= 0.6 is 0 Å². The molecule has 0 heterocycles. The average Bonchev–Trinajstić information content (AvgIpc) is 2.39. The Morgan fingerprint density at radius 3 is 2.42 bits per heavy atom. The number of hydrogen-bond acceptors (Lipinski definition) is 4. The van der Waals surface area contributed by atoms with Crippen molar-refractivity contribution < 1.29 is 4.92 Å². The van der Waals surface area contributed by atoms with Crippen LogP contribution in [0, 0.1) is 16.0 Å². The molecule has 0 aliphatic rings. The zero-order valence-corrected chi connectivity index (χ0v) is 11.9. The van der Waals surface area contributed by atoms with E-state index in [1.165, 1.54) is 0 Å². The van der Waals surface area contributed by atoms with Gasteiger partial charge >= 0.3 is 5.69 Å². The van der Waals surface area contributed by atoms with E-state index in [2.05, 4.69) is 13.8 Å². The van der Waals surface area contributed by atoms with E-state index in [1.54, 1.807) is 18.2 Å². The molecule has 0 aliphatic carbocycles. The van der Waals surface area contributed by atoms with E-state index < -0.39 is 0 Å². The van der Waals surface area contributed by atoms with Crippen molar-refractivity contribution in [2.75, 3.05) is 23.7 Å². The molecule has 1 aromatic rings. The van der Waals surface area contributed by atoms with E-state index in [0.717, 1.165) is 25.9 Å². The maximum absolute atomic E-state index is 11.2. The second-order valence-electron chi connectivity index (χ2n) is 4.69. The van der Waals surface area contributed by atoms with E-state index in [0.29, 0.717) is 11.6 Å². The largest absolute Gasteiger partial charge is 0.393 e. The Hall–Kier alpha value is -1.78. The van der Waals surface area contributed by atoms with E-state index in [4.69, 9.17) is 5.73 Å². The summed E-state index contributed by atoms with van der Waals surface area (Å²) < 4.78 is 0. The Morgan fingerprint density at radius 2 is 1.95 bits per heavy atom. The van der Waals surface area contributed by atoms with Gasteiger partial charge in [-0.25, -0.2) is 0 Å². The van der Waals surface area contributed by atoms with Gasteiger partial charge in [-0.3, -0.25) is 10.1 Å². The summed E-state index contributed by atoms with van der Waals surface area (Å²) in [5, 5.41) is 11.2. The molecule has 5 heteroatoms. The van der Waals surface area contributed by atoms with Crippen LogP contribution < -0.4 is 10.6 Å². The van der Waals surface area contributed by atoms with Crippen molar-refractivity contribution >= 4 is 17.1 Å². The fourth-order valence-electron chi connectivity index (χ4n) is 2.26. The Kier molecular flexibility index (Phi) is 5.60. The molecular formula is C14H23N3O2. The van der Waals surface area contributed by atoms with Gasteiger partial charge in [0.1, 0.15) is 11.4 Å². The van der Waals surface area contributed by atoms with Crippen molar-refractivity contribution in [1.29, 1.82) is 0 Å². The van der Waals surface area contributed by atoms with Gasteiger partial charge in [0.25, 0.3) is 0 Å². The van der Waals surface area contributed by atoms with Gasteiger partial charge in [-0.2, -0.15) is 0 Å². The van der Waals surface area contributed by atoms with Crippen molar-refractivity contribution in [2.24, 2.45) is 5.92 Å². The standard InChI is InChI=1S/C14H23N3O2/c1-4-11(5-2)10-16(6-3)13-9-7-8-12(15)14(13)17(18)19/h7-9,11H,4-6,10,15H2,1-3H3. The van der Waals surface area contributed by atoms with Gasteiger partial charge in [-0.1, -0.05) is 32.8 Å². The van der Waals surface area contributed by atoms with E-state index in [9.17, 15) is 10.1 Å². The molecule has 0 unspecified atom stereocenters. The third-order valence-electron chi connectivity index (χ3n) is 3.58. The maximum Gasteiger partial charge on any atom is 0.315 e. The Balaban J connectivity index is 3.11. The van der Waals surface area contributed by atoms with Crippen LogP contribution in [0.5, 0.6) is 0 Å². The highest BCUT2D eigenvalue weighted by molar-refractivity contribution is 5.75. The Morgan fingerprint density at radius 1 is 1.32 bits per heavy atom. The monoisotopic (exact) mass is 265 g/mol. The van der Waals surface area contributed by atoms with Gasteiger partial charge in [0, 0.05) is 13.1 Å². The fourth-order valence-corrected chi connectivity index (χ4v) is 2.26. The van der Waals surface area contributed by atoms with Gasteiger partial charge in [0.15, 0.2) is 0 Å². The van der Waals surface area contributed by atoms with E-state index >= 15 is 0 Å². The minimum atomic E-state index is -0.389. The molecule has 19 heavy (non-hydrogen) atoms. The number of hydrogen-bond donors (Lipinski definition) is 1. The lowest BCUT2D eigenvalue weighted by Crippen LogP contribution is -2.29. The first kappa shape index (κ1) is 15.3. The lowest BCUT2D eigenvalue weighted by atomic mass is 10.0. The molecule has 0 radical (unpaired) electrons. The highest BCUT2D eigenvalue weighted by Crippen LogP contribution is 2.34. The molecule has 0 atom stereocenters. The Labute approximate surface area is 114 Å². The molecular weight excluding hydrogens is 242 g/mol. The number of nitrogen functional groups attached to an aromatic ring is 1. The molecule has 0 bridgehead atoms. The quantitative estimate of drug-likeness (QED) is 0.465. The van der Waals surface area contributed by atoms with Crippen LogP contribution in [0.15, 0.2) is 18.2 Å².